The first-order chi connectivity index (χ1) is 16.6. The molecule has 1 amide bonds. The Balaban J connectivity index is 1.43. The fourth-order valence-electron chi connectivity index (χ4n) is 4.40. The van der Waals surface area contributed by atoms with Crippen LogP contribution in [0.5, 0.6) is 5.75 Å². The van der Waals surface area contributed by atoms with Gasteiger partial charge in [-0.05, 0) is 37.0 Å². The molecule has 2 aromatic heterocycles. The fourth-order valence-corrected chi connectivity index (χ4v) is 4.40. The van der Waals surface area contributed by atoms with Gasteiger partial charge in [0.15, 0.2) is 5.69 Å². The van der Waals surface area contributed by atoms with E-state index in [0.717, 1.165) is 12.1 Å². The van der Waals surface area contributed by atoms with Crippen LogP contribution in [-0.4, -0.2) is 42.2 Å². The van der Waals surface area contributed by atoms with Crippen molar-refractivity contribution in [2.45, 2.75) is 64.1 Å². The third-order valence-electron chi connectivity index (χ3n) is 6.62. The number of nitrogens with one attached hydrogen (secondary N) is 1. The predicted molar refractivity (Wildman–Crippen MR) is 123 cm³/mol. The minimum absolute atomic E-state index is 0.0136. The summed E-state index contributed by atoms with van der Waals surface area (Å²) in [6, 6.07) is 4.13. The summed E-state index contributed by atoms with van der Waals surface area (Å²) >= 11 is 0. The van der Waals surface area contributed by atoms with E-state index in [9.17, 15) is 19.1 Å². The highest BCUT2D eigenvalue weighted by molar-refractivity contribution is 5.94. The van der Waals surface area contributed by atoms with E-state index < -0.39 is 28.6 Å². The number of amides is 1. The average molecular weight is 483 g/mol. The van der Waals surface area contributed by atoms with Crippen molar-refractivity contribution in [2.75, 3.05) is 6.61 Å². The summed E-state index contributed by atoms with van der Waals surface area (Å²) in [4.78, 5) is 30.2. The zero-order valence-electron chi connectivity index (χ0n) is 19.8. The molecule has 2 N–H and O–H groups in total. The van der Waals surface area contributed by atoms with Gasteiger partial charge in [-0.25, -0.2) is 14.1 Å². The molecule has 1 fully saturated rings. The number of aromatic nitrogens is 5. The summed E-state index contributed by atoms with van der Waals surface area (Å²) < 4.78 is 22.8. The van der Waals surface area contributed by atoms with Gasteiger partial charge < -0.3 is 15.2 Å². The van der Waals surface area contributed by atoms with Crippen LogP contribution in [0.2, 0.25) is 0 Å². The van der Waals surface area contributed by atoms with Crippen molar-refractivity contribution >= 4 is 5.91 Å². The maximum absolute atomic E-state index is 14.1. The average Bonchev–Trinajstić information content (AvgIpc) is 3.30. The molecule has 1 saturated carbocycles. The molecule has 3 heterocycles. The third-order valence-corrected chi connectivity index (χ3v) is 6.62. The van der Waals surface area contributed by atoms with Gasteiger partial charge in [0, 0.05) is 12.0 Å². The van der Waals surface area contributed by atoms with E-state index in [1.165, 1.54) is 27.4 Å². The van der Waals surface area contributed by atoms with Gasteiger partial charge >= 0.3 is 0 Å². The molecule has 0 radical (unpaired) electrons. The van der Waals surface area contributed by atoms with Gasteiger partial charge in [-0.2, -0.15) is 0 Å². The van der Waals surface area contributed by atoms with Gasteiger partial charge in [0.1, 0.15) is 17.2 Å². The number of benzene rings is 1. The molecule has 0 bridgehead atoms. The molecule has 35 heavy (non-hydrogen) atoms. The molecule has 10 nitrogen and oxygen atoms in total. The van der Waals surface area contributed by atoms with Crippen molar-refractivity contribution < 1.29 is 19.0 Å². The Morgan fingerprint density at radius 1 is 1.31 bits per heavy atom. The smallest absolute Gasteiger partial charge is 0.296 e. The van der Waals surface area contributed by atoms with Crippen LogP contribution in [-0.2, 0) is 28.8 Å². The van der Waals surface area contributed by atoms with Crippen LogP contribution in [0, 0.1) is 5.82 Å². The van der Waals surface area contributed by atoms with Crippen molar-refractivity contribution in [3.05, 3.63) is 63.3 Å². The standard InChI is InChI=1S/C24H27FN6O4/c1-23(2,3)17-13-31(29-28-17)16-11-15(25)6-5-14(16)12-26-20(33)18-19(32)21(34)30-9-10-35-24(7-4-8-24)22(30)27-18/h5-6,11,13,32H,4,7-10,12H2,1-3H3,(H,26,33). The van der Waals surface area contributed by atoms with Crippen molar-refractivity contribution in [3.8, 4) is 11.4 Å². The van der Waals surface area contributed by atoms with Crippen LogP contribution in [0.25, 0.3) is 5.69 Å². The summed E-state index contributed by atoms with van der Waals surface area (Å²) in [5, 5.41) is 21.4. The van der Waals surface area contributed by atoms with E-state index in [1.807, 2.05) is 20.8 Å². The van der Waals surface area contributed by atoms with E-state index in [-0.39, 0.29) is 24.2 Å². The molecule has 0 atom stereocenters. The number of hydrogen-bond acceptors (Lipinski definition) is 7. The normalized spacial score (nSPS) is 16.6. The lowest BCUT2D eigenvalue weighted by Crippen LogP contribution is -2.49. The Labute approximate surface area is 200 Å². The molecular weight excluding hydrogens is 455 g/mol. The molecule has 3 aromatic rings. The van der Waals surface area contributed by atoms with Crippen molar-refractivity contribution in [1.29, 1.82) is 0 Å². The first-order valence-corrected chi connectivity index (χ1v) is 11.6. The van der Waals surface area contributed by atoms with E-state index in [0.29, 0.717) is 36.5 Å². The van der Waals surface area contributed by atoms with Gasteiger partial charge in [0.25, 0.3) is 11.5 Å². The highest BCUT2D eigenvalue weighted by Crippen LogP contribution is 2.45. The molecule has 1 aliphatic carbocycles. The zero-order valence-corrected chi connectivity index (χ0v) is 19.8. The third kappa shape index (κ3) is 3.99. The summed E-state index contributed by atoms with van der Waals surface area (Å²) in [6.45, 7) is 6.59. The van der Waals surface area contributed by atoms with E-state index >= 15 is 0 Å². The predicted octanol–water partition coefficient (Wildman–Crippen LogP) is 2.31. The number of rotatable bonds is 4. The molecule has 0 saturated heterocycles. The van der Waals surface area contributed by atoms with Crippen LogP contribution < -0.4 is 10.9 Å². The largest absolute Gasteiger partial charge is 0.501 e. The number of hydrogen-bond donors (Lipinski definition) is 2. The molecule has 1 spiro atoms. The van der Waals surface area contributed by atoms with Crippen molar-refractivity contribution in [1.82, 2.24) is 29.9 Å². The number of carbonyl (C=O) groups is 1. The number of fused-ring (bicyclic) bond motifs is 2. The van der Waals surface area contributed by atoms with Gasteiger partial charge in [-0.15, -0.1) is 5.10 Å². The molecular formula is C24H27FN6O4. The highest BCUT2D eigenvalue weighted by atomic mass is 19.1. The SMILES string of the molecule is CC(C)(C)c1cn(-c2cc(F)ccc2CNC(=O)c2nc3n(c(=O)c2O)CCOC32CCC2)nn1. The maximum Gasteiger partial charge on any atom is 0.296 e. The number of halogens is 1. The van der Waals surface area contributed by atoms with E-state index in [2.05, 4.69) is 20.6 Å². The van der Waals surface area contributed by atoms with Crippen molar-refractivity contribution in [2.24, 2.45) is 0 Å². The Morgan fingerprint density at radius 2 is 2.09 bits per heavy atom. The maximum atomic E-state index is 14.1. The topological polar surface area (TPSA) is 124 Å². The summed E-state index contributed by atoms with van der Waals surface area (Å²) in [7, 11) is 0. The number of aromatic hydroxyl groups is 1. The summed E-state index contributed by atoms with van der Waals surface area (Å²) in [5.74, 6) is -1.50. The lowest BCUT2D eigenvalue weighted by Gasteiger charge is -2.44. The molecule has 0 unspecified atom stereocenters. The molecule has 1 aliphatic heterocycles. The Morgan fingerprint density at radius 3 is 2.74 bits per heavy atom. The first-order valence-electron chi connectivity index (χ1n) is 11.6. The minimum atomic E-state index is -0.715. The second kappa shape index (κ2) is 8.26. The lowest BCUT2D eigenvalue weighted by molar-refractivity contribution is -0.134. The number of ether oxygens (including phenoxy) is 1. The van der Waals surface area contributed by atoms with Gasteiger partial charge in [-0.1, -0.05) is 32.1 Å². The van der Waals surface area contributed by atoms with Gasteiger partial charge in [0.05, 0.1) is 30.7 Å². The Hall–Kier alpha value is -3.60. The molecule has 184 valence electrons. The van der Waals surface area contributed by atoms with E-state index in [1.54, 1.807) is 6.20 Å². The van der Waals surface area contributed by atoms with Gasteiger partial charge in [-0.3, -0.25) is 14.2 Å². The van der Waals surface area contributed by atoms with Crippen LogP contribution in [0.15, 0.2) is 29.2 Å². The second-order valence-electron chi connectivity index (χ2n) is 10.0. The molecule has 5 rings (SSSR count). The van der Waals surface area contributed by atoms with E-state index in [4.69, 9.17) is 4.74 Å². The van der Waals surface area contributed by atoms with Crippen LogP contribution >= 0.6 is 0 Å². The summed E-state index contributed by atoms with van der Waals surface area (Å²) in [5.41, 5.74) is -0.219. The minimum Gasteiger partial charge on any atom is -0.501 e. The first kappa shape index (κ1) is 23.2. The highest BCUT2D eigenvalue weighted by Gasteiger charge is 2.46. The molecule has 2 aliphatic rings. The molecule has 1 aromatic carbocycles. The number of nitrogens with zero attached hydrogens (tertiary/aromatic N) is 5. The summed E-state index contributed by atoms with van der Waals surface area (Å²) in [6.07, 6.45) is 4.07. The number of carbonyl (C=O) groups excluding carboxylic acids is 1. The Bertz CT molecular complexity index is 1370. The second-order valence-corrected chi connectivity index (χ2v) is 10.0. The fraction of sp³-hybridized carbons (Fsp3) is 0.458. The van der Waals surface area contributed by atoms with Gasteiger partial charge in [0.2, 0.25) is 5.75 Å². The van der Waals surface area contributed by atoms with Crippen molar-refractivity contribution in [3.63, 3.8) is 0 Å². The Kier molecular flexibility index (Phi) is 5.47. The molecule has 11 heteroatoms. The lowest BCUT2D eigenvalue weighted by atomic mass is 9.78. The van der Waals surface area contributed by atoms with Crippen LogP contribution in [0.1, 0.15) is 67.6 Å². The van der Waals surface area contributed by atoms with Crippen LogP contribution in [0.4, 0.5) is 4.39 Å². The zero-order chi connectivity index (χ0) is 25.0. The monoisotopic (exact) mass is 482 g/mol. The van der Waals surface area contributed by atoms with Crippen LogP contribution in [0.3, 0.4) is 0 Å². The quantitative estimate of drug-likeness (QED) is 0.585.